The molecule has 58 heavy (non-hydrogen) atoms. The third-order valence-electron chi connectivity index (χ3n) is 10.4. The zero-order chi connectivity index (χ0) is 40.6. The molecule has 0 fully saturated rings. The summed E-state index contributed by atoms with van der Waals surface area (Å²) < 4.78 is 11.2. The first-order valence-corrected chi connectivity index (χ1v) is 23.3. The fraction of sp³-hybridized carbons (Fsp3) is 0.385. The van der Waals surface area contributed by atoms with Crippen molar-refractivity contribution < 1.29 is 32.8 Å². The van der Waals surface area contributed by atoms with Crippen LogP contribution in [0.15, 0.2) is 84.9 Å². The Kier molecular flexibility index (Phi) is 20.3. The Labute approximate surface area is 383 Å². The van der Waals surface area contributed by atoms with Gasteiger partial charge in [-0.3, -0.25) is 0 Å². The summed E-state index contributed by atoms with van der Waals surface area (Å²) >= 11 is 1.36. The van der Waals surface area contributed by atoms with Crippen molar-refractivity contribution in [2.75, 3.05) is 14.2 Å². The zero-order valence-corrected chi connectivity index (χ0v) is 43.8. The molecule has 0 heterocycles. The third kappa shape index (κ3) is 12.7. The van der Waals surface area contributed by atoms with Crippen LogP contribution in [0, 0.1) is 28.7 Å². The first kappa shape index (κ1) is 55.4. The van der Waals surface area contributed by atoms with Crippen LogP contribution in [0.25, 0.3) is 43.8 Å². The van der Waals surface area contributed by atoms with Gasteiger partial charge in [-0.2, -0.15) is 12.1 Å². The second kappa shape index (κ2) is 21.3. The summed E-state index contributed by atoms with van der Waals surface area (Å²) in [7, 11) is 3.49. The summed E-state index contributed by atoms with van der Waals surface area (Å²) in [6.45, 7) is 34.8. The van der Waals surface area contributed by atoms with Gasteiger partial charge in [-0.05, 0) is 55.0 Å². The number of benzene rings is 4. The average Bonchev–Trinajstić information content (AvgIpc) is 3.68. The van der Waals surface area contributed by atoms with Crippen molar-refractivity contribution >= 4 is 53.2 Å². The van der Waals surface area contributed by atoms with E-state index < -0.39 is 0 Å². The van der Waals surface area contributed by atoms with Gasteiger partial charge in [0.05, 0.1) is 14.2 Å². The molecular weight excluding hydrogens is 847 g/mol. The molecule has 0 saturated heterocycles. The fourth-order valence-electron chi connectivity index (χ4n) is 6.99. The summed E-state index contributed by atoms with van der Waals surface area (Å²) in [4.78, 5) is 0. The van der Waals surface area contributed by atoms with Crippen molar-refractivity contribution in [2.45, 2.75) is 119 Å². The van der Waals surface area contributed by atoms with Gasteiger partial charge in [0.1, 0.15) is 0 Å². The predicted octanol–water partition coefficient (Wildman–Crippen LogP) is 15.6. The minimum absolute atomic E-state index is 0. The van der Waals surface area contributed by atoms with Crippen LogP contribution < -0.4 is 9.47 Å². The Hall–Kier alpha value is -2.62. The average molecular weight is 917 g/mol. The predicted molar refractivity (Wildman–Crippen MR) is 260 cm³/mol. The molecule has 0 aromatic heterocycles. The molecule has 0 atom stereocenters. The van der Waals surface area contributed by atoms with E-state index in [0.717, 1.165) is 11.5 Å². The monoisotopic (exact) mass is 914 g/mol. The van der Waals surface area contributed by atoms with Crippen molar-refractivity contribution in [1.29, 1.82) is 0 Å². The summed E-state index contributed by atoms with van der Waals surface area (Å²) in [6.07, 6.45) is 0. The van der Waals surface area contributed by atoms with E-state index in [1.165, 1.54) is 101 Å². The number of aryl methyl sites for hydroxylation is 2. The number of methoxy groups -OCH3 is 2. The topological polar surface area (TPSA) is 18.5 Å². The van der Waals surface area contributed by atoms with E-state index >= 15 is 0 Å². The molecule has 6 rings (SSSR count). The molecule has 0 bridgehead atoms. The van der Waals surface area contributed by atoms with E-state index in [1.807, 2.05) is 0 Å². The number of ether oxygens (including phenoxy) is 2. The van der Waals surface area contributed by atoms with Crippen LogP contribution in [0.2, 0.25) is 0 Å². The second-order valence-corrected chi connectivity index (χ2v) is 18.9. The standard InChI is InChI=1S/2C25H31O.2CH3.2ClH.Si.Zr/c2*1-16-11-21-20(9-10-23(26-8)22(21)12-16)17-13-18(24(2,3)4)15-19(14-17)25(5,6)7;;;;;;/h2*9-15H,1-8H3;2*1H3;2*1H;;/q4*-1;;;;. The van der Waals surface area contributed by atoms with Gasteiger partial charge in [0.25, 0.3) is 0 Å². The Bertz CT molecular complexity index is 2020. The molecular formula is C52H70Cl2O2SiZr-4. The summed E-state index contributed by atoms with van der Waals surface area (Å²) in [5, 5.41) is 4.93. The molecule has 6 heteroatoms. The minimum atomic E-state index is 0. The van der Waals surface area contributed by atoms with E-state index in [9.17, 15) is 0 Å². The van der Waals surface area contributed by atoms with Gasteiger partial charge in [-0.15, -0.1) is 69.6 Å². The molecule has 0 aliphatic heterocycles. The molecule has 0 amide bonds. The van der Waals surface area contributed by atoms with Crippen LogP contribution in [0.5, 0.6) is 11.5 Å². The van der Waals surface area contributed by atoms with Crippen LogP contribution in [0.3, 0.4) is 0 Å². The number of hydrogen-bond acceptors (Lipinski definition) is 2. The Balaban J connectivity index is 0.00000101. The Morgan fingerprint density at radius 2 is 0.707 bits per heavy atom. The third-order valence-corrected chi connectivity index (χ3v) is 10.4. The van der Waals surface area contributed by atoms with Crippen molar-refractivity contribution in [3.8, 4) is 33.8 Å². The second-order valence-electron chi connectivity index (χ2n) is 18.9. The number of rotatable bonds is 4. The van der Waals surface area contributed by atoms with E-state index in [4.69, 9.17) is 9.47 Å². The molecule has 2 nitrogen and oxygen atoms in total. The van der Waals surface area contributed by atoms with Gasteiger partial charge >= 0.3 is 30.2 Å². The molecule has 0 unspecified atom stereocenters. The van der Waals surface area contributed by atoms with Gasteiger partial charge in [0.2, 0.25) is 0 Å². The van der Waals surface area contributed by atoms with Crippen LogP contribution in [0.4, 0.5) is 0 Å². The zero-order valence-electron chi connectivity index (χ0n) is 38.7. The van der Waals surface area contributed by atoms with Crippen molar-refractivity contribution in [3.05, 3.63) is 133 Å². The van der Waals surface area contributed by atoms with Crippen molar-refractivity contribution in [3.63, 3.8) is 0 Å². The van der Waals surface area contributed by atoms with Gasteiger partial charge < -0.3 is 24.3 Å². The summed E-state index contributed by atoms with van der Waals surface area (Å²) in [5.74, 6) is 1.89. The van der Waals surface area contributed by atoms with Crippen LogP contribution in [0.1, 0.15) is 116 Å². The van der Waals surface area contributed by atoms with Crippen LogP contribution in [-0.2, 0) is 45.0 Å². The van der Waals surface area contributed by atoms with Gasteiger partial charge in [-0.25, -0.2) is 0 Å². The maximum atomic E-state index is 5.59. The summed E-state index contributed by atoms with van der Waals surface area (Å²) in [6, 6.07) is 31.8. The number of hydrogen-bond donors (Lipinski definition) is 0. The Morgan fingerprint density at radius 1 is 0.448 bits per heavy atom. The van der Waals surface area contributed by atoms with E-state index in [0.29, 0.717) is 0 Å². The Morgan fingerprint density at radius 3 is 0.931 bits per heavy atom. The normalized spacial score (nSPS) is 11.4. The van der Waals surface area contributed by atoms with Crippen LogP contribution >= 0.6 is 24.8 Å². The number of fused-ring (bicyclic) bond motifs is 2. The fourth-order valence-corrected chi connectivity index (χ4v) is 6.99. The molecule has 0 aliphatic rings. The SMILES string of the molecule is COc1ccc(-c2cc(C(C)(C)C)cc(C(C)(C)C)c2)c2cc(C)[cH-]c12.COc1ccc(-c2cc(C(C)(C)C)cc(C(C)(C)C)c2)c2cc(C)[cH-]c12.Cl.Cl.[CH3-].[CH3-].[Si]=[Zr]. The maximum absolute atomic E-state index is 5.59. The van der Waals surface area contributed by atoms with E-state index in [-0.39, 0.29) is 61.3 Å². The molecule has 0 aliphatic carbocycles. The van der Waals surface area contributed by atoms with E-state index in [1.54, 1.807) is 14.2 Å². The molecule has 2 radical (unpaired) electrons. The van der Waals surface area contributed by atoms with Gasteiger partial charge in [0.15, 0.2) is 0 Å². The van der Waals surface area contributed by atoms with Crippen LogP contribution in [-0.4, -0.2) is 21.1 Å². The number of halogens is 2. The molecule has 0 spiro atoms. The molecule has 316 valence electrons. The first-order valence-electron chi connectivity index (χ1n) is 19.1. The van der Waals surface area contributed by atoms with Gasteiger partial charge in [-0.1, -0.05) is 169 Å². The molecule has 6 aromatic rings. The molecule has 0 saturated carbocycles. The molecule has 6 aromatic carbocycles. The first-order chi connectivity index (χ1) is 25.0. The molecule has 0 N–H and O–H groups in total. The van der Waals surface area contributed by atoms with Crippen molar-refractivity contribution in [1.82, 2.24) is 0 Å². The van der Waals surface area contributed by atoms with Crippen molar-refractivity contribution in [2.24, 2.45) is 0 Å². The van der Waals surface area contributed by atoms with Gasteiger partial charge in [0, 0.05) is 11.5 Å². The van der Waals surface area contributed by atoms with E-state index in [2.05, 4.69) is 189 Å². The quantitative estimate of drug-likeness (QED) is 0.130. The summed E-state index contributed by atoms with van der Waals surface area (Å²) in [5.41, 5.74) is 13.7.